The zero-order chi connectivity index (χ0) is 37.9. The summed E-state index contributed by atoms with van der Waals surface area (Å²) < 4.78 is 66.1. The Bertz CT molecular complexity index is 1370. The van der Waals surface area contributed by atoms with Crippen molar-refractivity contribution in [1.82, 2.24) is 29.9 Å². The normalized spacial score (nSPS) is 11.3. The van der Waals surface area contributed by atoms with Gasteiger partial charge in [-0.05, 0) is 25.7 Å². The molecule has 2 aromatic rings. The van der Waals surface area contributed by atoms with Crippen molar-refractivity contribution in [1.29, 1.82) is 0 Å². The van der Waals surface area contributed by atoms with Gasteiger partial charge in [0.2, 0.25) is 35.7 Å². The first-order valence-corrected chi connectivity index (χ1v) is 22.0. The van der Waals surface area contributed by atoms with E-state index in [2.05, 4.69) is 75.7 Å². The predicted molar refractivity (Wildman–Crippen MR) is 205 cm³/mol. The van der Waals surface area contributed by atoms with Gasteiger partial charge in [0.15, 0.2) is 0 Å². The molecule has 22 heteroatoms. The van der Waals surface area contributed by atoms with Crippen LogP contribution in [0.3, 0.4) is 0 Å². The van der Waals surface area contributed by atoms with Crippen LogP contribution in [0.2, 0.25) is 0 Å². The Labute approximate surface area is 367 Å². The van der Waals surface area contributed by atoms with Crippen LogP contribution in [0.1, 0.15) is 117 Å². The van der Waals surface area contributed by atoms with E-state index >= 15 is 0 Å². The number of hydrogen-bond donors (Lipinski definition) is 6. The van der Waals surface area contributed by atoms with Crippen LogP contribution >= 0.6 is 0 Å². The van der Waals surface area contributed by atoms with E-state index in [1.165, 1.54) is 51.4 Å². The van der Waals surface area contributed by atoms with Crippen molar-refractivity contribution in [2.45, 2.75) is 117 Å². The van der Waals surface area contributed by atoms with Gasteiger partial charge in [0.25, 0.3) is 0 Å². The molecule has 0 saturated carbocycles. The Morgan fingerprint density at radius 3 is 0.796 bits per heavy atom. The van der Waals surface area contributed by atoms with E-state index < -0.39 is 31.7 Å². The molecule has 0 unspecified atom stereocenters. The van der Waals surface area contributed by atoms with Gasteiger partial charge in [-0.3, -0.25) is 0 Å². The second kappa shape index (κ2) is 31.7. The Morgan fingerprint density at radius 1 is 0.370 bits per heavy atom. The molecule has 0 fully saturated rings. The van der Waals surface area contributed by atoms with Crippen molar-refractivity contribution >= 4 is 55.9 Å². The fourth-order valence-corrected chi connectivity index (χ4v) is 5.72. The molecule has 0 aliphatic heterocycles. The quantitative estimate of drug-likeness (QED) is 0.0275. The van der Waals surface area contributed by atoms with Crippen molar-refractivity contribution in [3.63, 3.8) is 0 Å². The summed E-state index contributed by atoms with van der Waals surface area (Å²) in [6.07, 6.45) is 17.4. The summed E-state index contributed by atoms with van der Waals surface area (Å²) in [6.45, 7) is 6.78. The predicted octanol–water partition coefficient (Wildman–Crippen LogP) is -1.39. The van der Waals surface area contributed by atoms with Gasteiger partial charge in [0.1, 0.15) is 0 Å². The minimum absolute atomic E-state index is 0. The number of anilines is 6. The first-order valence-electron chi connectivity index (χ1n) is 18.8. The molecule has 0 aromatic carbocycles. The van der Waals surface area contributed by atoms with Crippen LogP contribution in [0.5, 0.6) is 0 Å². The summed E-state index contributed by atoms with van der Waals surface area (Å²) >= 11 is 0. The van der Waals surface area contributed by atoms with Gasteiger partial charge in [-0.25, -0.2) is 16.8 Å². The molecule has 2 rings (SSSR count). The minimum Gasteiger partial charge on any atom is -0.748 e. The first-order chi connectivity index (χ1) is 25.0. The third-order valence-corrected chi connectivity index (χ3v) is 9.25. The van der Waals surface area contributed by atoms with E-state index in [0.717, 1.165) is 51.4 Å². The Kier molecular flexibility index (Phi) is 30.9. The summed E-state index contributed by atoms with van der Waals surface area (Å²) in [6, 6.07) is 0. The summed E-state index contributed by atoms with van der Waals surface area (Å²) in [4.78, 5) is 26.2. The van der Waals surface area contributed by atoms with E-state index in [1.54, 1.807) is 0 Å². The van der Waals surface area contributed by atoms with Crippen molar-refractivity contribution in [3.8, 4) is 0 Å². The topological polar surface area (TPSA) is 264 Å². The van der Waals surface area contributed by atoms with Gasteiger partial charge < -0.3 is 41.0 Å². The van der Waals surface area contributed by atoms with Gasteiger partial charge >= 0.3 is 59.1 Å². The number of hydrogen-bond acceptors (Lipinski definition) is 18. The molecule has 0 aliphatic carbocycles. The van der Waals surface area contributed by atoms with Crippen LogP contribution in [0.25, 0.3) is 0 Å². The zero-order valence-corrected chi connectivity index (χ0v) is 38.6. The molecule has 0 bridgehead atoms. The first kappa shape index (κ1) is 52.6. The van der Waals surface area contributed by atoms with Crippen molar-refractivity contribution in [3.05, 3.63) is 0 Å². The SMILES string of the molecule is CCCCCCCCNc1nc(NCCCCCCNc2nc(NCCCCCCCC)nc(NCCS(=O)(=O)[O-])n2)nc(NCCS(=O)(=O)[O-])n1.[Na+].[Na+]. The third kappa shape index (κ3) is 29.0. The second-order valence-corrected chi connectivity index (χ2v) is 15.7. The number of unbranched alkanes of at least 4 members (excludes halogenated alkanes) is 13. The number of aromatic nitrogens is 6. The maximum Gasteiger partial charge on any atom is 1.00 e. The molecule has 6 N–H and O–H groups in total. The molecule has 2 heterocycles. The van der Waals surface area contributed by atoms with Gasteiger partial charge in [-0.1, -0.05) is 90.9 Å². The molecule has 0 atom stereocenters. The van der Waals surface area contributed by atoms with Gasteiger partial charge in [-0.2, -0.15) is 29.9 Å². The Morgan fingerprint density at radius 2 is 0.574 bits per heavy atom. The third-order valence-electron chi connectivity index (χ3n) is 7.84. The molecule has 2 aromatic heterocycles. The summed E-state index contributed by atoms with van der Waals surface area (Å²) in [5.74, 6) is 0.666. The van der Waals surface area contributed by atoms with Crippen LogP contribution < -0.4 is 91.0 Å². The smallest absolute Gasteiger partial charge is 0.748 e. The molecule has 54 heavy (non-hydrogen) atoms. The van der Waals surface area contributed by atoms with E-state index in [4.69, 9.17) is 0 Å². The summed E-state index contributed by atoms with van der Waals surface area (Å²) in [5.41, 5.74) is 0. The van der Waals surface area contributed by atoms with Crippen LogP contribution in [0, 0.1) is 0 Å². The zero-order valence-electron chi connectivity index (χ0n) is 32.9. The Balaban J connectivity index is 0.0000140. The van der Waals surface area contributed by atoms with Crippen LogP contribution in [-0.2, 0) is 20.2 Å². The largest absolute Gasteiger partial charge is 1.00 e. The average Bonchev–Trinajstić information content (AvgIpc) is 3.07. The molecule has 0 saturated heterocycles. The summed E-state index contributed by atoms with van der Waals surface area (Å²) in [5, 5.41) is 18.5. The van der Waals surface area contributed by atoms with Gasteiger partial charge in [-0.15, -0.1) is 0 Å². The van der Waals surface area contributed by atoms with Crippen molar-refractivity contribution < 1.29 is 85.1 Å². The van der Waals surface area contributed by atoms with Crippen LogP contribution in [0.4, 0.5) is 35.7 Å². The van der Waals surface area contributed by atoms with E-state index in [0.29, 0.717) is 50.0 Å². The van der Waals surface area contributed by atoms with Crippen molar-refractivity contribution in [2.24, 2.45) is 0 Å². The molecule has 18 nitrogen and oxygen atoms in total. The number of rotatable bonds is 33. The second-order valence-electron chi connectivity index (χ2n) is 12.6. The standard InChI is InChI=1S/C32H62N12O6S2.2Na/c1-3-5-7-9-11-15-19-33-27-39-29(43-31(41-27)37-23-25-51(45,46)47)35-21-17-13-14-18-22-36-30-40-28(34-20-16-12-10-8-6-4-2)42-32(44-30)38-24-26-52(48,49)50;;/h3-26H2,1-2H3,(H,45,46,47)(H,48,49,50)(H3,33,35,37,39,41,43)(H3,34,36,38,40,42,44);;/q;2*+1/p-2. The Hall–Kier alpha value is -1.36. The fourth-order valence-electron chi connectivity index (χ4n) is 5.02. The van der Waals surface area contributed by atoms with Crippen molar-refractivity contribution in [2.75, 3.05) is 82.7 Å². The molecule has 0 aliphatic rings. The molecule has 0 radical (unpaired) electrons. The summed E-state index contributed by atoms with van der Waals surface area (Å²) in [7, 11) is -8.74. The molecule has 0 spiro atoms. The maximum atomic E-state index is 11.0. The minimum atomic E-state index is -4.37. The molecule has 0 amide bonds. The van der Waals surface area contributed by atoms with Crippen LogP contribution in [0.15, 0.2) is 0 Å². The fraction of sp³-hybridized carbons (Fsp3) is 0.812. The van der Waals surface area contributed by atoms with Gasteiger partial charge in [0.05, 0.1) is 31.7 Å². The average molecular weight is 819 g/mol. The molecular formula is C32H60N12Na2O6S2. The van der Waals surface area contributed by atoms with E-state index in [1.807, 2.05) is 0 Å². The van der Waals surface area contributed by atoms with Crippen LogP contribution in [-0.4, -0.2) is 107 Å². The number of nitrogens with one attached hydrogen (secondary N) is 6. The number of nitrogens with zero attached hydrogens (tertiary/aromatic N) is 6. The molecule has 298 valence electrons. The van der Waals surface area contributed by atoms with Gasteiger partial charge in [0, 0.05) is 39.3 Å². The maximum absolute atomic E-state index is 11.0. The van der Waals surface area contributed by atoms with E-state index in [-0.39, 0.29) is 84.1 Å². The monoisotopic (exact) mass is 818 g/mol. The van der Waals surface area contributed by atoms with E-state index in [9.17, 15) is 25.9 Å². The molecular weight excluding hydrogens is 759 g/mol.